The lowest BCUT2D eigenvalue weighted by Crippen LogP contribution is -2.28. The van der Waals surface area contributed by atoms with Crippen molar-refractivity contribution in [2.24, 2.45) is 0 Å². The highest BCUT2D eigenvalue weighted by Crippen LogP contribution is 2.04. The third kappa shape index (κ3) is 3.41. The highest BCUT2D eigenvalue weighted by Gasteiger charge is 2.13. The van der Waals surface area contributed by atoms with Crippen LogP contribution in [-0.2, 0) is 0 Å². The van der Waals surface area contributed by atoms with Crippen LogP contribution in [0.25, 0.3) is 0 Å². The average molecular weight is 234 g/mol. The van der Waals surface area contributed by atoms with Gasteiger partial charge in [0.25, 0.3) is 5.91 Å². The van der Waals surface area contributed by atoms with Crippen LogP contribution in [0.4, 0.5) is 0 Å². The lowest BCUT2D eigenvalue weighted by Gasteiger charge is -2.16. The summed E-state index contributed by atoms with van der Waals surface area (Å²) < 4.78 is 0. The molecule has 1 heterocycles. The van der Waals surface area contributed by atoms with Crippen molar-refractivity contribution in [3.63, 3.8) is 0 Å². The maximum atomic E-state index is 11.8. The van der Waals surface area contributed by atoms with Crippen LogP contribution < -0.4 is 0 Å². The molecule has 0 unspecified atom stereocenters. The van der Waals surface area contributed by atoms with Crippen molar-refractivity contribution >= 4 is 11.9 Å². The first kappa shape index (κ1) is 12.9. The molecular formula is C12H14N2O3. The van der Waals surface area contributed by atoms with E-state index in [1.54, 1.807) is 7.05 Å². The summed E-state index contributed by atoms with van der Waals surface area (Å²) >= 11 is 0. The molecule has 0 aromatic carbocycles. The third-order valence-electron chi connectivity index (χ3n) is 2.08. The molecule has 0 aliphatic heterocycles. The van der Waals surface area contributed by atoms with E-state index in [1.807, 2.05) is 6.92 Å². The minimum atomic E-state index is -1.06. The quantitative estimate of drug-likeness (QED) is 0.800. The zero-order valence-corrected chi connectivity index (χ0v) is 9.80. The molecule has 0 atom stereocenters. The Labute approximate surface area is 99.4 Å². The van der Waals surface area contributed by atoms with Crippen molar-refractivity contribution in [1.29, 1.82) is 0 Å². The SMILES string of the molecule is C=C(C)CN(C)C(=O)c1ccc(C(=O)O)cn1. The van der Waals surface area contributed by atoms with Gasteiger partial charge in [-0.05, 0) is 19.1 Å². The molecule has 17 heavy (non-hydrogen) atoms. The summed E-state index contributed by atoms with van der Waals surface area (Å²) in [7, 11) is 1.64. The normalized spacial score (nSPS) is 9.76. The molecule has 0 saturated heterocycles. The highest BCUT2D eigenvalue weighted by molar-refractivity contribution is 5.93. The topological polar surface area (TPSA) is 70.5 Å². The molecule has 0 aliphatic rings. The number of amides is 1. The van der Waals surface area contributed by atoms with Crippen molar-refractivity contribution in [1.82, 2.24) is 9.88 Å². The lowest BCUT2D eigenvalue weighted by molar-refractivity contribution is 0.0694. The summed E-state index contributed by atoms with van der Waals surface area (Å²) in [5, 5.41) is 8.70. The van der Waals surface area contributed by atoms with Crippen LogP contribution in [0.15, 0.2) is 30.5 Å². The fourth-order valence-corrected chi connectivity index (χ4v) is 1.32. The summed E-state index contributed by atoms with van der Waals surface area (Å²) in [6.07, 6.45) is 1.17. The number of carbonyl (C=O) groups is 2. The highest BCUT2D eigenvalue weighted by atomic mass is 16.4. The molecule has 5 nitrogen and oxygen atoms in total. The van der Waals surface area contributed by atoms with Gasteiger partial charge < -0.3 is 10.0 Å². The van der Waals surface area contributed by atoms with E-state index in [1.165, 1.54) is 23.2 Å². The monoisotopic (exact) mass is 234 g/mol. The van der Waals surface area contributed by atoms with E-state index in [9.17, 15) is 9.59 Å². The van der Waals surface area contributed by atoms with Crippen LogP contribution in [0, 0.1) is 0 Å². The van der Waals surface area contributed by atoms with Gasteiger partial charge in [-0.15, -0.1) is 0 Å². The summed E-state index contributed by atoms with van der Waals surface area (Å²) in [5.74, 6) is -1.32. The van der Waals surface area contributed by atoms with E-state index in [4.69, 9.17) is 5.11 Å². The van der Waals surface area contributed by atoms with E-state index in [-0.39, 0.29) is 17.2 Å². The summed E-state index contributed by atoms with van der Waals surface area (Å²) in [6, 6.07) is 2.76. The molecule has 1 N–H and O–H groups in total. The molecule has 0 radical (unpaired) electrons. The van der Waals surface area contributed by atoms with Gasteiger partial charge in [-0.25, -0.2) is 4.79 Å². The third-order valence-corrected chi connectivity index (χ3v) is 2.08. The number of carbonyl (C=O) groups excluding carboxylic acids is 1. The van der Waals surface area contributed by atoms with Gasteiger partial charge in [0.1, 0.15) is 5.69 Å². The number of hydrogen-bond acceptors (Lipinski definition) is 3. The number of likely N-dealkylation sites (N-methyl/N-ethyl adjacent to an activating group) is 1. The zero-order chi connectivity index (χ0) is 13.0. The summed E-state index contributed by atoms with van der Waals surface area (Å²) in [6.45, 7) is 5.99. The Morgan fingerprint density at radius 3 is 2.53 bits per heavy atom. The van der Waals surface area contributed by atoms with Crippen molar-refractivity contribution in [2.45, 2.75) is 6.92 Å². The number of pyridine rings is 1. The van der Waals surface area contributed by atoms with Gasteiger partial charge in [0, 0.05) is 19.8 Å². The first-order chi connectivity index (χ1) is 7.91. The molecule has 0 saturated carbocycles. The minimum absolute atomic E-state index is 0.0594. The smallest absolute Gasteiger partial charge is 0.337 e. The lowest BCUT2D eigenvalue weighted by atomic mass is 10.2. The molecule has 0 bridgehead atoms. The molecule has 1 amide bonds. The van der Waals surface area contributed by atoms with Crippen LogP contribution in [0.1, 0.15) is 27.8 Å². The fourth-order valence-electron chi connectivity index (χ4n) is 1.32. The van der Waals surface area contributed by atoms with Gasteiger partial charge in [-0.3, -0.25) is 9.78 Å². The number of aromatic nitrogens is 1. The van der Waals surface area contributed by atoms with Gasteiger partial charge in [-0.2, -0.15) is 0 Å². The molecule has 0 aliphatic carbocycles. The van der Waals surface area contributed by atoms with Crippen molar-refractivity contribution in [2.75, 3.05) is 13.6 Å². The average Bonchev–Trinajstić information content (AvgIpc) is 2.27. The molecule has 1 rings (SSSR count). The maximum Gasteiger partial charge on any atom is 0.337 e. The number of hydrogen-bond donors (Lipinski definition) is 1. The Balaban J connectivity index is 2.82. The number of aromatic carboxylic acids is 1. The number of nitrogens with zero attached hydrogens (tertiary/aromatic N) is 2. The summed E-state index contributed by atoms with van der Waals surface area (Å²) in [4.78, 5) is 27.8. The van der Waals surface area contributed by atoms with Crippen LogP contribution >= 0.6 is 0 Å². The Kier molecular flexibility index (Phi) is 3.98. The molecular weight excluding hydrogens is 220 g/mol. The van der Waals surface area contributed by atoms with Gasteiger partial charge >= 0.3 is 5.97 Å². The Morgan fingerprint density at radius 1 is 1.47 bits per heavy atom. The molecule has 1 aromatic heterocycles. The number of carboxylic acid groups (broad SMARTS) is 1. The Hall–Kier alpha value is -2.17. The standard InChI is InChI=1S/C12H14N2O3/c1-8(2)7-14(3)11(15)10-5-4-9(6-13-10)12(16)17/h4-6H,1,7H2,2-3H3,(H,16,17). The molecule has 5 heteroatoms. The number of carboxylic acids is 1. The van der Waals surface area contributed by atoms with E-state index in [2.05, 4.69) is 11.6 Å². The fraction of sp³-hybridized carbons (Fsp3) is 0.250. The Bertz CT molecular complexity index is 451. The van der Waals surface area contributed by atoms with E-state index >= 15 is 0 Å². The second-order valence-electron chi connectivity index (χ2n) is 3.86. The molecule has 90 valence electrons. The van der Waals surface area contributed by atoms with Gasteiger partial charge in [0.05, 0.1) is 5.56 Å². The van der Waals surface area contributed by atoms with Crippen molar-refractivity contribution in [3.8, 4) is 0 Å². The first-order valence-electron chi connectivity index (χ1n) is 5.01. The van der Waals surface area contributed by atoms with Crippen LogP contribution in [0.3, 0.4) is 0 Å². The van der Waals surface area contributed by atoms with E-state index in [0.717, 1.165) is 5.57 Å². The second kappa shape index (κ2) is 5.25. The van der Waals surface area contributed by atoms with Crippen molar-refractivity contribution < 1.29 is 14.7 Å². The van der Waals surface area contributed by atoms with Gasteiger partial charge in [0.2, 0.25) is 0 Å². The minimum Gasteiger partial charge on any atom is -0.478 e. The predicted molar refractivity (Wildman–Crippen MR) is 63.0 cm³/mol. The largest absolute Gasteiger partial charge is 0.478 e. The van der Waals surface area contributed by atoms with E-state index in [0.29, 0.717) is 6.54 Å². The van der Waals surface area contributed by atoms with Gasteiger partial charge in [0.15, 0.2) is 0 Å². The molecule has 1 aromatic rings. The summed E-state index contributed by atoms with van der Waals surface area (Å²) in [5.41, 5.74) is 1.14. The van der Waals surface area contributed by atoms with Crippen molar-refractivity contribution in [3.05, 3.63) is 41.7 Å². The second-order valence-corrected chi connectivity index (χ2v) is 3.86. The maximum absolute atomic E-state index is 11.8. The first-order valence-corrected chi connectivity index (χ1v) is 5.01. The van der Waals surface area contributed by atoms with Crippen LogP contribution in [0.2, 0.25) is 0 Å². The molecule has 0 spiro atoms. The predicted octanol–water partition coefficient (Wildman–Crippen LogP) is 1.43. The van der Waals surface area contributed by atoms with Crippen LogP contribution in [-0.4, -0.2) is 40.5 Å². The molecule has 0 fully saturated rings. The Morgan fingerprint density at radius 2 is 2.12 bits per heavy atom. The van der Waals surface area contributed by atoms with Crippen LogP contribution in [0.5, 0.6) is 0 Å². The number of rotatable bonds is 4. The zero-order valence-electron chi connectivity index (χ0n) is 9.80. The van der Waals surface area contributed by atoms with Gasteiger partial charge in [-0.1, -0.05) is 12.2 Å². The van der Waals surface area contributed by atoms with E-state index < -0.39 is 5.97 Å².